The molecule has 1 heterocycles. The van der Waals surface area contributed by atoms with Gasteiger partial charge in [-0.25, -0.2) is 9.07 Å². The molecule has 0 aliphatic heterocycles. The van der Waals surface area contributed by atoms with Gasteiger partial charge in [0.2, 0.25) is 0 Å². The summed E-state index contributed by atoms with van der Waals surface area (Å²) in [6.07, 6.45) is 5.97. The van der Waals surface area contributed by atoms with Crippen molar-refractivity contribution in [3.8, 4) is 5.69 Å². The topological polar surface area (TPSA) is 17.8 Å². The van der Waals surface area contributed by atoms with E-state index in [1.807, 2.05) is 16.9 Å². The third kappa shape index (κ3) is 3.25. The van der Waals surface area contributed by atoms with Gasteiger partial charge in [0.05, 0.1) is 17.6 Å². The number of halogens is 1. The Hall–Kier alpha value is -2.94. The van der Waals surface area contributed by atoms with E-state index < -0.39 is 0 Å². The van der Waals surface area contributed by atoms with Crippen molar-refractivity contribution in [1.82, 2.24) is 9.78 Å². The molecule has 1 atom stereocenters. The van der Waals surface area contributed by atoms with Crippen LogP contribution < -0.4 is 0 Å². The summed E-state index contributed by atoms with van der Waals surface area (Å²) in [6, 6.07) is 16.8. The summed E-state index contributed by atoms with van der Waals surface area (Å²) in [7, 11) is 0. The lowest BCUT2D eigenvalue weighted by molar-refractivity contribution is 0.403. The molecular weight excluding hydrogens is 335 g/mol. The van der Waals surface area contributed by atoms with E-state index >= 15 is 0 Å². The second-order valence-corrected chi connectivity index (χ2v) is 7.65. The first-order valence-corrected chi connectivity index (χ1v) is 9.21. The van der Waals surface area contributed by atoms with Gasteiger partial charge in [-0.2, -0.15) is 5.10 Å². The van der Waals surface area contributed by atoms with Gasteiger partial charge in [0.1, 0.15) is 5.82 Å². The van der Waals surface area contributed by atoms with Crippen LogP contribution in [0.2, 0.25) is 0 Å². The second kappa shape index (κ2) is 6.66. The molecule has 1 aromatic heterocycles. The van der Waals surface area contributed by atoms with Crippen LogP contribution in [0, 0.1) is 11.2 Å². The van der Waals surface area contributed by atoms with E-state index in [4.69, 9.17) is 0 Å². The SMILES string of the molecule is C=C(CC1(C)Cc2cnn(-c3ccc(F)cc3)c2C=C1C)c1ccccc1. The molecule has 1 aliphatic rings. The molecule has 0 radical (unpaired) electrons. The van der Waals surface area contributed by atoms with Gasteiger partial charge in [-0.1, -0.05) is 49.4 Å². The van der Waals surface area contributed by atoms with Gasteiger partial charge in [-0.3, -0.25) is 0 Å². The minimum atomic E-state index is -0.238. The van der Waals surface area contributed by atoms with Gasteiger partial charge in [0, 0.05) is 0 Å². The van der Waals surface area contributed by atoms with Crippen LogP contribution in [0.25, 0.3) is 17.3 Å². The zero-order chi connectivity index (χ0) is 19.0. The molecule has 0 bridgehead atoms. The van der Waals surface area contributed by atoms with E-state index in [2.05, 4.69) is 55.9 Å². The van der Waals surface area contributed by atoms with Crippen LogP contribution in [0.3, 0.4) is 0 Å². The molecule has 3 heteroatoms. The molecule has 1 aliphatic carbocycles. The van der Waals surface area contributed by atoms with Crippen molar-refractivity contribution in [2.45, 2.75) is 26.7 Å². The first-order valence-electron chi connectivity index (χ1n) is 9.21. The summed E-state index contributed by atoms with van der Waals surface area (Å²) in [5.41, 5.74) is 6.85. The van der Waals surface area contributed by atoms with Gasteiger partial charge in [-0.05, 0) is 72.2 Å². The van der Waals surface area contributed by atoms with E-state index in [0.29, 0.717) is 0 Å². The number of allylic oxidation sites excluding steroid dienone is 2. The minimum Gasteiger partial charge on any atom is -0.233 e. The number of aromatic nitrogens is 2. The van der Waals surface area contributed by atoms with Crippen LogP contribution in [-0.2, 0) is 6.42 Å². The Morgan fingerprint density at radius 2 is 1.85 bits per heavy atom. The van der Waals surface area contributed by atoms with Crippen LogP contribution in [0.5, 0.6) is 0 Å². The Morgan fingerprint density at radius 1 is 1.15 bits per heavy atom. The van der Waals surface area contributed by atoms with Crippen LogP contribution >= 0.6 is 0 Å². The van der Waals surface area contributed by atoms with Crippen molar-refractivity contribution >= 4 is 11.6 Å². The highest BCUT2D eigenvalue weighted by molar-refractivity contribution is 5.67. The van der Waals surface area contributed by atoms with Gasteiger partial charge in [0.25, 0.3) is 0 Å². The molecule has 4 rings (SSSR count). The summed E-state index contributed by atoms with van der Waals surface area (Å²) in [5.74, 6) is -0.238. The van der Waals surface area contributed by atoms with Crippen molar-refractivity contribution in [2.75, 3.05) is 0 Å². The first-order chi connectivity index (χ1) is 13.0. The maximum Gasteiger partial charge on any atom is 0.123 e. The van der Waals surface area contributed by atoms with Crippen molar-refractivity contribution in [3.05, 3.63) is 95.6 Å². The lowest BCUT2D eigenvalue weighted by Crippen LogP contribution is -2.25. The average molecular weight is 358 g/mol. The van der Waals surface area contributed by atoms with Crippen molar-refractivity contribution < 1.29 is 4.39 Å². The first kappa shape index (κ1) is 17.5. The molecular formula is C24H23FN2. The molecule has 27 heavy (non-hydrogen) atoms. The monoisotopic (exact) mass is 358 g/mol. The van der Waals surface area contributed by atoms with E-state index in [0.717, 1.165) is 29.8 Å². The minimum absolute atomic E-state index is 0.0105. The Bertz CT molecular complexity index is 1010. The molecule has 0 saturated heterocycles. The fraction of sp³-hybridized carbons (Fsp3) is 0.208. The van der Waals surface area contributed by atoms with Crippen LogP contribution in [-0.4, -0.2) is 9.78 Å². The molecule has 0 saturated carbocycles. The largest absolute Gasteiger partial charge is 0.233 e. The van der Waals surface area contributed by atoms with E-state index in [1.54, 1.807) is 12.1 Å². The van der Waals surface area contributed by atoms with Crippen molar-refractivity contribution in [1.29, 1.82) is 0 Å². The zero-order valence-corrected chi connectivity index (χ0v) is 15.7. The summed E-state index contributed by atoms with van der Waals surface area (Å²) in [6.45, 7) is 8.81. The fourth-order valence-electron chi connectivity index (χ4n) is 3.86. The molecule has 0 N–H and O–H groups in total. The summed E-state index contributed by atoms with van der Waals surface area (Å²) < 4.78 is 15.1. The Kier molecular flexibility index (Phi) is 4.31. The van der Waals surface area contributed by atoms with E-state index in [9.17, 15) is 4.39 Å². The lowest BCUT2D eigenvalue weighted by Gasteiger charge is -2.35. The number of hydrogen-bond donors (Lipinski definition) is 0. The highest BCUT2D eigenvalue weighted by atomic mass is 19.1. The maximum absolute atomic E-state index is 13.2. The predicted molar refractivity (Wildman–Crippen MR) is 109 cm³/mol. The van der Waals surface area contributed by atoms with Gasteiger partial charge < -0.3 is 0 Å². The average Bonchev–Trinajstić information content (AvgIpc) is 3.05. The maximum atomic E-state index is 13.2. The highest BCUT2D eigenvalue weighted by Crippen LogP contribution is 2.44. The number of rotatable bonds is 4. The third-order valence-electron chi connectivity index (χ3n) is 5.63. The summed E-state index contributed by atoms with van der Waals surface area (Å²) in [4.78, 5) is 0. The Balaban J connectivity index is 1.64. The lowest BCUT2D eigenvalue weighted by atomic mass is 9.69. The molecule has 0 fully saturated rings. The molecule has 2 nitrogen and oxygen atoms in total. The van der Waals surface area contributed by atoms with E-state index in [-0.39, 0.29) is 11.2 Å². The second-order valence-electron chi connectivity index (χ2n) is 7.65. The number of benzene rings is 2. The fourth-order valence-corrected chi connectivity index (χ4v) is 3.86. The molecule has 0 amide bonds. The van der Waals surface area contributed by atoms with Crippen LogP contribution in [0.15, 0.2) is 72.9 Å². The smallest absolute Gasteiger partial charge is 0.123 e. The molecule has 136 valence electrons. The Morgan fingerprint density at radius 3 is 2.56 bits per heavy atom. The van der Waals surface area contributed by atoms with E-state index in [1.165, 1.54) is 28.8 Å². The summed E-state index contributed by atoms with van der Waals surface area (Å²) >= 11 is 0. The quantitative estimate of drug-likeness (QED) is 0.552. The van der Waals surface area contributed by atoms with Crippen molar-refractivity contribution in [2.24, 2.45) is 5.41 Å². The predicted octanol–water partition coefficient (Wildman–Crippen LogP) is 6.08. The molecule has 1 unspecified atom stereocenters. The third-order valence-corrected chi connectivity index (χ3v) is 5.63. The molecule has 3 aromatic rings. The van der Waals surface area contributed by atoms with Gasteiger partial charge >= 0.3 is 0 Å². The molecule has 2 aromatic carbocycles. The van der Waals surface area contributed by atoms with Crippen LogP contribution in [0.4, 0.5) is 4.39 Å². The number of hydrogen-bond acceptors (Lipinski definition) is 1. The van der Waals surface area contributed by atoms with Gasteiger partial charge in [-0.15, -0.1) is 0 Å². The van der Waals surface area contributed by atoms with Gasteiger partial charge in [0.15, 0.2) is 0 Å². The standard InChI is InChI=1S/C24H23FN2/c1-17(19-7-5-4-6-8-19)14-24(3)15-20-16-26-27(23(20)13-18(24)2)22-11-9-21(25)10-12-22/h4-13,16H,1,14-15H2,2-3H3. The molecule has 0 spiro atoms. The summed E-state index contributed by atoms with van der Waals surface area (Å²) in [5, 5.41) is 4.56. The number of nitrogens with zero attached hydrogens (tertiary/aromatic N) is 2. The normalized spacial score (nSPS) is 18.7. The number of fused-ring (bicyclic) bond motifs is 1. The zero-order valence-electron chi connectivity index (χ0n) is 15.7. The highest BCUT2D eigenvalue weighted by Gasteiger charge is 2.33. The van der Waals surface area contributed by atoms with Crippen LogP contribution in [0.1, 0.15) is 37.1 Å². The Labute approximate surface area is 159 Å². The van der Waals surface area contributed by atoms with Crippen molar-refractivity contribution in [3.63, 3.8) is 0 Å².